The number of piperidine rings is 1. The molecule has 4 rings (SSSR count). The van der Waals surface area contributed by atoms with E-state index in [9.17, 15) is 0 Å². The first-order valence-electron chi connectivity index (χ1n) is 8.85. The molecule has 7 heteroatoms. The van der Waals surface area contributed by atoms with Gasteiger partial charge in [-0.2, -0.15) is 0 Å². The lowest BCUT2D eigenvalue weighted by Gasteiger charge is -2.27. The molecule has 130 valence electrons. The Labute approximate surface area is 146 Å². The summed E-state index contributed by atoms with van der Waals surface area (Å²) >= 11 is 1.75. The summed E-state index contributed by atoms with van der Waals surface area (Å²) in [4.78, 5) is 2.36. The molecule has 0 aliphatic carbocycles. The Kier molecular flexibility index (Phi) is 5.08. The molecule has 2 saturated heterocycles. The van der Waals surface area contributed by atoms with Gasteiger partial charge in [0.05, 0.1) is 18.9 Å². The van der Waals surface area contributed by atoms with Crippen LogP contribution >= 0.6 is 11.8 Å². The van der Waals surface area contributed by atoms with Crippen LogP contribution in [-0.4, -0.2) is 46.3 Å². The van der Waals surface area contributed by atoms with Gasteiger partial charge in [-0.05, 0) is 44.2 Å². The maximum Gasteiger partial charge on any atom is 0.228 e. The minimum absolute atomic E-state index is 0.349. The third kappa shape index (κ3) is 3.62. The van der Waals surface area contributed by atoms with Gasteiger partial charge in [0.1, 0.15) is 5.76 Å². The minimum atomic E-state index is 0.349. The Morgan fingerprint density at radius 2 is 2.08 bits per heavy atom. The highest BCUT2D eigenvalue weighted by Crippen LogP contribution is 2.28. The van der Waals surface area contributed by atoms with E-state index in [0.29, 0.717) is 12.6 Å². The van der Waals surface area contributed by atoms with Crippen LogP contribution in [0.2, 0.25) is 0 Å². The average molecular weight is 348 g/mol. The number of rotatable bonds is 6. The molecule has 0 amide bonds. The smallest absolute Gasteiger partial charge is 0.228 e. The molecule has 6 nitrogen and oxygen atoms in total. The molecular weight excluding hydrogens is 324 g/mol. The summed E-state index contributed by atoms with van der Waals surface area (Å²) in [5.41, 5.74) is 0. The second-order valence-corrected chi connectivity index (χ2v) is 7.43. The lowest BCUT2D eigenvalue weighted by Crippen LogP contribution is -2.32. The summed E-state index contributed by atoms with van der Waals surface area (Å²) in [5, 5.41) is 9.93. The molecular formula is C17H24N4O2S. The first-order chi connectivity index (χ1) is 11.9. The first-order valence-corrected chi connectivity index (χ1v) is 9.83. The van der Waals surface area contributed by atoms with E-state index in [1.165, 1.54) is 25.7 Å². The fourth-order valence-corrected chi connectivity index (χ4v) is 4.35. The molecule has 2 aromatic heterocycles. The third-order valence-electron chi connectivity index (χ3n) is 4.65. The largest absolute Gasteiger partial charge is 0.467 e. The van der Waals surface area contributed by atoms with Crippen molar-refractivity contribution < 1.29 is 9.15 Å². The van der Waals surface area contributed by atoms with E-state index in [1.54, 1.807) is 18.0 Å². The van der Waals surface area contributed by atoms with E-state index in [2.05, 4.69) is 19.7 Å². The van der Waals surface area contributed by atoms with Crippen molar-refractivity contribution in [2.45, 2.75) is 49.9 Å². The van der Waals surface area contributed by atoms with E-state index in [-0.39, 0.29) is 0 Å². The fraction of sp³-hybridized carbons (Fsp3) is 0.647. The van der Waals surface area contributed by atoms with Crippen LogP contribution in [0.5, 0.6) is 0 Å². The second kappa shape index (κ2) is 7.61. The molecule has 1 unspecified atom stereocenters. The zero-order valence-corrected chi connectivity index (χ0v) is 14.7. The molecule has 4 heterocycles. The highest BCUT2D eigenvalue weighted by atomic mass is 32.2. The van der Waals surface area contributed by atoms with Crippen molar-refractivity contribution in [2.24, 2.45) is 0 Å². The van der Waals surface area contributed by atoms with E-state index in [1.807, 2.05) is 12.1 Å². The van der Waals surface area contributed by atoms with Gasteiger partial charge in [-0.1, -0.05) is 11.8 Å². The molecule has 0 N–H and O–H groups in total. The lowest BCUT2D eigenvalue weighted by molar-refractivity contribution is 0.129. The summed E-state index contributed by atoms with van der Waals surface area (Å²) in [5.74, 6) is 2.85. The number of ether oxygens (including phenoxy) is 1. The van der Waals surface area contributed by atoms with Crippen molar-refractivity contribution in [1.29, 1.82) is 0 Å². The van der Waals surface area contributed by atoms with Gasteiger partial charge in [0.25, 0.3) is 0 Å². The van der Waals surface area contributed by atoms with Crippen LogP contribution in [0, 0.1) is 0 Å². The summed E-state index contributed by atoms with van der Waals surface area (Å²) in [7, 11) is 0. The Morgan fingerprint density at radius 3 is 2.83 bits per heavy atom. The van der Waals surface area contributed by atoms with Crippen molar-refractivity contribution in [2.75, 3.05) is 30.3 Å². The van der Waals surface area contributed by atoms with Crippen molar-refractivity contribution in [3.8, 4) is 0 Å². The van der Waals surface area contributed by atoms with E-state index in [0.717, 1.165) is 48.7 Å². The SMILES string of the molecule is c1coc(Cn2c(SCC3CCCO3)nnc2N2CCCCC2)c1. The standard InChI is InChI=1S/C17H24N4O2S/c1-2-8-20(9-3-1)16-18-19-17(24-13-15-7-5-11-23-15)21(16)12-14-6-4-10-22-14/h4,6,10,15H,1-3,5,7-9,11-13H2. The monoisotopic (exact) mass is 348 g/mol. The van der Waals surface area contributed by atoms with E-state index < -0.39 is 0 Å². The van der Waals surface area contributed by atoms with Gasteiger partial charge in [-0.15, -0.1) is 10.2 Å². The molecule has 0 saturated carbocycles. The maximum absolute atomic E-state index is 5.74. The molecule has 2 aliphatic rings. The molecule has 2 aliphatic heterocycles. The number of furan rings is 1. The van der Waals surface area contributed by atoms with Gasteiger partial charge in [-0.25, -0.2) is 0 Å². The van der Waals surface area contributed by atoms with Gasteiger partial charge in [0, 0.05) is 25.4 Å². The van der Waals surface area contributed by atoms with E-state index >= 15 is 0 Å². The van der Waals surface area contributed by atoms with Crippen molar-refractivity contribution in [1.82, 2.24) is 14.8 Å². The lowest BCUT2D eigenvalue weighted by atomic mass is 10.1. The maximum atomic E-state index is 5.74. The molecule has 0 aromatic carbocycles. The normalized spacial score (nSPS) is 21.5. The Bertz CT molecular complexity index is 631. The predicted molar refractivity (Wildman–Crippen MR) is 93.6 cm³/mol. The zero-order chi connectivity index (χ0) is 16.2. The third-order valence-corrected chi connectivity index (χ3v) is 5.75. The zero-order valence-electron chi connectivity index (χ0n) is 13.9. The Balaban J connectivity index is 1.53. The molecule has 2 aromatic rings. The predicted octanol–water partition coefficient (Wildman–Crippen LogP) is 3.18. The highest BCUT2D eigenvalue weighted by Gasteiger charge is 2.23. The molecule has 0 bridgehead atoms. The quantitative estimate of drug-likeness (QED) is 0.747. The number of thioether (sulfide) groups is 1. The van der Waals surface area contributed by atoms with Crippen LogP contribution in [0.4, 0.5) is 5.95 Å². The second-order valence-electron chi connectivity index (χ2n) is 6.44. The number of anilines is 1. The summed E-state index contributed by atoms with van der Waals surface area (Å²) < 4.78 is 13.5. The average Bonchev–Trinajstić information content (AvgIpc) is 3.37. The first kappa shape index (κ1) is 16.0. The Hall–Kier alpha value is -1.47. The summed E-state index contributed by atoms with van der Waals surface area (Å²) in [6.45, 7) is 3.70. The molecule has 0 spiro atoms. The topological polar surface area (TPSA) is 56.3 Å². The number of hydrogen-bond donors (Lipinski definition) is 0. The van der Waals surface area contributed by atoms with Crippen LogP contribution in [0.25, 0.3) is 0 Å². The summed E-state index contributed by atoms with van der Waals surface area (Å²) in [6, 6.07) is 3.94. The van der Waals surface area contributed by atoms with Crippen molar-refractivity contribution in [3.05, 3.63) is 24.2 Å². The van der Waals surface area contributed by atoms with Gasteiger partial charge >= 0.3 is 0 Å². The molecule has 24 heavy (non-hydrogen) atoms. The van der Waals surface area contributed by atoms with E-state index in [4.69, 9.17) is 9.15 Å². The van der Waals surface area contributed by atoms with Gasteiger partial charge in [0.2, 0.25) is 5.95 Å². The number of aromatic nitrogens is 3. The number of hydrogen-bond acceptors (Lipinski definition) is 6. The number of nitrogens with zero attached hydrogens (tertiary/aromatic N) is 4. The van der Waals surface area contributed by atoms with Crippen LogP contribution in [0.15, 0.2) is 28.0 Å². The van der Waals surface area contributed by atoms with Crippen LogP contribution in [0.1, 0.15) is 37.9 Å². The highest BCUT2D eigenvalue weighted by molar-refractivity contribution is 7.99. The Morgan fingerprint density at radius 1 is 1.17 bits per heavy atom. The van der Waals surface area contributed by atoms with Gasteiger partial charge in [0.15, 0.2) is 5.16 Å². The van der Waals surface area contributed by atoms with Crippen molar-refractivity contribution >= 4 is 17.7 Å². The van der Waals surface area contributed by atoms with Gasteiger partial charge < -0.3 is 14.1 Å². The molecule has 2 fully saturated rings. The minimum Gasteiger partial charge on any atom is -0.467 e. The fourth-order valence-electron chi connectivity index (χ4n) is 3.36. The summed E-state index contributed by atoms with van der Waals surface area (Å²) in [6.07, 6.45) is 8.16. The molecule has 0 radical (unpaired) electrons. The van der Waals surface area contributed by atoms with Crippen LogP contribution in [-0.2, 0) is 11.3 Å². The van der Waals surface area contributed by atoms with Crippen LogP contribution in [0.3, 0.4) is 0 Å². The van der Waals surface area contributed by atoms with Crippen molar-refractivity contribution in [3.63, 3.8) is 0 Å². The molecule has 1 atom stereocenters. The van der Waals surface area contributed by atoms with Crippen LogP contribution < -0.4 is 4.90 Å². The van der Waals surface area contributed by atoms with Gasteiger partial charge in [-0.3, -0.25) is 4.57 Å².